The van der Waals surface area contributed by atoms with Crippen LogP contribution in [0, 0.1) is 36.8 Å². The maximum Gasteiger partial charge on any atom is 0.294 e. The van der Waals surface area contributed by atoms with Crippen LogP contribution in [0.4, 0.5) is 0 Å². The number of benzene rings is 1. The molecule has 1 aromatic carbocycles. The Hall–Kier alpha value is -2.91. The van der Waals surface area contributed by atoms with E-state index >= 15 is 0 Å². The Bertz CT molecular complexity index is 1120. The second kappa shape index (κ2) is 21.9. The largest absolute Gasteiger partial charge is 0.381 e. The summed E-state index contributed by atoms with van der Waals surface area (Å²) >= 11 is 5.99. The number of rotatable bonds is 15. The Kier molecular flexibility index (Phi) is 20.3. The molecule has 1 aromatic heterocycles. The number of nitrogens with one attached hydrogen (secondary N) is 1. The van der Waals surface area contributed by atoms with Crippen LogP contribution in [-0.4, -0.2) is 59.8 Å². The number of carbonyl (C=O) groups excluding carboxylic acids is 2. The smallest absolute Gasteiger partial charge is 0.294 e. The van der Waals surface area contributed by atoms with Crippen molar-refractivity contribution >= 4 is 45.0 Å². The van der Waals surface area contributed by atoms with Crippen LogP contribution in [0.2, 0.25) is 5.02 Å². The van der Waals surface area contributed by atoms with Crippen LogP contribution < -0.4 is 5.32 Å². The number of allylic oxidation sites excluding steroid dienone is 1. The first-order chi connectivity index (χ1) is 19.3. The Labute approximate surface area is 249 Å². The number of aromatic nitrogens is 1. The number of amides is 1. The zero-order chi connectivity index (χ0) is 30.5. The molecule has 0 unspecified atom stereocenters. The predicted octanol–water partition coefficient (Wildman–Crippen LogP) is 5.72. The molecule has 0 bridgehead atoms. The van der Waals surface area contributed by atoms with Crippen molar-refractivity contribution in [3.05, 3.63) is 79.6 Å². The lowest BCUT2D eigenvalue weighted by Gasteiger charge is -2.10. The number of hydrogen-bond donors (Lipinski definition) is 1. The highest BCUT2D eigenvalue weighted by Gasteiger charge is 2.23. The molecule has 220 valence electrons. The van der Waals surface area contributed by atoms with Gasteiger partial charge in [-0.1, -0.05) is 59.2 Å². The number of halogens is 1. The van der Waals surface area contributed by atoms with Crippen molar-refractivity contribution in [3.8, 4) is 12.8 Å². The van der Waals surface area contributed by atoms with E-state index in [9.17, 15) is 19.7 Å². The first kappa shape index (κ1) is 37.1. The van der Waals surface area contributed by atoms with Gasteiger partial charge < -0.3 is 14.9 Å². The van der Waals surface area contributed by atoms with E-state index < -0.39 is 5.09 Å². The molecule has 2 rings (SSSR count). The number of terminal acetylenes is 1. The molecule has 0 aliphatic heterocycles. The van der Waals surface area contributed by atoms with E-state index in [1.54, 1.807) is 35.9 Å². The zero-order valence-corrected chi connectivity index (χ0v) is 26.0. The van der Waals surface area contributed by atoms with Crippen molar-refractivity contribution in [1.82, 2.24) is 9.88 Å². The minimum atomic E-state index is -0.812. The Morgan fingerprint density at radius 2 is 1.75 bits per heavy atom. The summed E-state index contributed by atoms with van der Waals surface area (Å²) < 4.78 is 6.75. The Balaban J connectivity index is 0.00000363. The van der Waals surface area contributed by atoms with Crippen molar-refractivity contribution in [1.29, 1.82) is 0 Å². The number of methoxy groups -OCH3 is 1. The van der Waals surface area contributed by atoms with Gasteiger partial charge in [0.1, 0.15) is 6.61 Å². The fourth-order valence-electron chi connectivity index (χ4n) is 3.53. The molecule has 40 heavy (non-hydrogen) atoms. The van der Waals surface area contributed by atoms with Crippen LogP contribution in [-0.2, 0) is 27.2 Å². The molecule has 2 aromatic rings. The van der Waals surface area contributed by atoms with Gasteiger partial charge in [0.2, 0.25) is 5.91 Å². The van der Waals surface area contributed by atoms with Gasteiger partial charge in [-0.3, -0.25) is 14.2 Å². The molecule has 0 radical (unpaired) electrons. The summed E-state index contributed by atoms with van der Waals surface area (Å²) in [5.74, 6) is 0.817. The molecule has 0 saturated heterocycles. The molecular weight excluding hydrogens is 574 g/mol. The average molecular weight is 612 g/mol. The van der Waals surface area contributed by atoms with Crippen LogP contribution in [0.5, 0.6) is 0 Å². The highest BCUT2D eigenvalue weighted by Crippen LogP contribution is 2.26. The molecule has 0 fully saturated rings. The normalized spacial score (nSPS) is 10.2. The van der Waals surface area contributed by atoms with Gasteiger partial charge in [0, 0.05) is 53.6 Å². The van der Waals surface area contributed by atoms with Crippen molar-refractivity contribution in [2.24, 2.45) is 0 Å². The topological polar surface area (TPSA) is 113 Å². The average Bonchev–Trinajstić information content (AvgIpc) is 3.18. The summed E-state index contributed by atoms with van der Waals surface area (Å²) in [6.45, 7) is 8.75. The lowest BCUT2D eigenvalue weighted by atomic mass is 10.1. The molecule has 0 aliphatic carbocycles. The van der Waals surface area contributed by atoms with Gasteiger partial charge in [-0.05, 0) is 49.2 Å². The second-order valence-electron chi connectivity index (χ2n) is 7.64. The van der Waals surface area contributed by atoms with E-state index in [2.05, 4.69) is 23.0 Å². The molecule has 0 spiro atoms. The van der Waals surface area contributed by atoms with Crippen LogP contribution in [0.1, 0.15) is 46.7 Å². The first-order valence-corrected chi connectivity index (χ1v) is 15.4. The summed E-state index contributed by atoms with van der Waals surface area (Å²) in [5, 5.41) is 12.8. The van der Waals surface area contributed by atoms with Gasteiger partial charge in [-0.2, -0.15) is 0 Å². The van der Waals surface area contributed by atoms with Gasteiger partial charge in [0.15, 0.2) is 0 Å². The molecule has 0 saturated carbocycles. The zero-order valence-electron chi connectivity index (χ0n) is 23.6. The minimum absolute atomic E-state index is 0.0320. The molecule has 12 heteroatoms. The number of carbonyl (C=O) groups is 2. The molecule has 0 atom stereocenters. The number of ether oxygens (including phenoxy) is 1. The van der Waals surface area contributed by atoms with E-state index in [4.69, 9.17) is 16.3 Å². The number of hydrogen-bond acceptors (Lipinski definition) is 8. The standard InChI is InChI=1S/C24H30ClN3O6S2.C2H6.C2H2/c1-17-21(16-23(29)26-11-14-35-36-15-13-34-28(31)32)18(2)27(22(17)6-4-5-12-33-3)24(30)19-7-9-20(25)10-8-19;2*1-2/h4-5,7-10H,6,11-16H2,1-3H3,(H,26,29);1-2H3;1-2H/b5-4-;;. The summed E-state index contributed by atoms with van der Waals surface area (Å²) in [6, 6.07) is 6.74. The predicted molar refractivity (Wildman–Crippen MR) is 166 cm³/mol. The highest BCUT2D eigenvalue weighted by atomic mass is 35.5. The van der Waals surface area contributed by atoms with Crippen LogP contribution >= 0.6 is 33.2 Å². The van der Waals surface area contributed by atoms with Crippen LogP contribution in [0.25, 0.3) is 0 Å². The van der Waals surface area contributed by atoms with Gasteiger partial charge in [0.05, 0.1) is 13.0 Å². The van der Waals surface area contributed by atoms with Gasteiger partial charge >= 0.3 is 0 Å². The fraction of sp³-hybridized carbons (Fsp3) is 0.429. The highest BCUT2D eigenvalue weighted by molar-refractivity contribution is 8.76. The third kappa shape index (κ3) is 13.0. The van der Waals surface area contributed by atoms with Crippen molar-refractivity contribution in [2.45, 2.75) is 40.5 Å². The molecule has 1 amide bonds. The van der Waals surface area contributed by atoms with Gasteiger partial charge in [-0.25, -0.2) is 0 Å². The van der Waals surface area contributed by atoms with E-state index in [0.29, 0.717) is 41.7 Å². The Morgan fingerprint density at radius 3 is 2.35 bits per heavy atom. The summed E-state index contributed by atoms with van der Waals surface area (Å²) in [5.41, 5.74) is 3.79. The Morgan fingerprint density at radius 1 is 1.12 bits per heavy atom. The monoisotopic (exact) mass is 611 g/mol. The van der Waals surface area contributed by atoms with Crippen molar-refractivity contribution < 1.29 is 24.3 Å². The molecule has 1 N–H and O–H groups in total. The van der Waals surface area contributed by atoms with Crippen molar-refractivity contribution in [3.63, 3.8) is 0 Å². The minimum Gasteiger partial charge on any atom is -0.381 e. The maximum absolute atomic E-state index is 13.4. The number of nitrogens with zero attached hydrogens (tertiary/aromatic N) is 2. The SMILES string of the molecule is C#C.CC.COC/C=C\Cc1c(C)c(CC(=O)NCCSSCCO[N+](=O)[O-])c(C)n1C(=O)c1ccc(Cl)cc1. The molecule has 9 nitrogen and oxygen atoms in total. The first-order valence-electron chi connectivity index (χ1n) is 12.5. The van der Waals surface area contributed by atoms with Crippen LogP contribution in [0.15, 0.2) is 36.4 Å². The molecule has 0 aliphatic rings. The third-order valence-electron chi connectivity index (χ3n) is 5.25. The lowest BCUT2D eigenvalue weighted by molar-refractivity contribution is -0.756. The molecular formula is C28H38ClN3O6S2. The quantitative estimate of drug-likeness (QED) is 0.0680. The van der Waals surface area contributed by atoms with E-state index in [0.717, 1.165) is 22.5 Å². The van der Waals surface area contributed by atoms with Gasteiger partial charge in [-0.15, -0.1) is 23.0 Å². The van der Waals surface area contributed by atoms with E-state index in [1.807, 2.05) is 39.8 Å². The fourth-order valence-corrected chi connectivity index (χ4v) is 5.38. The van der Waals surface area contributed by atoms with Crippen molar-refractivity contribution in [2.75, 3.05) is 38.4 Å². The summed E-state index contributed by atoms with van der Waals surface area (Å²) in [4.78, 5) is 40.4. The van der Waals surface area contributed by atoms with Crippen LogP contribution in [0.3, 0.4) is 0 Å². The molecule has 1 heterocycles. The van der Waals surface area contributed by atoms with E-state index in [1.165, 1.54) is 21.6 Å². The third-order valence-corrected chi connectivity index (χ3v) is 7.88. The second-order valence-corrected chi connectivity index (χ2v) is 10.8. The van der Waals surface area contributed by atoms with E-state index in [-0.39, 0.29) is 24.8 Å². The lowest BCUT2D eigenvalue weighted by Crippen LogP contribution is -2.27. The summed E-state index contributed by atoms with van der Waals surface area (Å²) in [6.07, 6.45) is 12.5. The maximum atomic E-state index is 13.4. The van der Waals surface area contributed by atoms with Gasteiger partial charge in [0.25, 0.3) is 11.0 Å². The summed E-state index contributed by atoms with van der Waals surface area (Å²) in [7, 11) is 4.57.